The summed E-state index contributed by atoms with van der Waals surface area (Å²) in [5.41, 5.74) is -0.0825. The van der Waals surface area contributed by atoms with Crippen molar-refractivity contribution < 1.29 is 19.0 Å². The lowest BCUT2D eigenvalue weighted by atomic mass is 9.93. The van der Waals surface area contributed by atoms with Gasteiger partial charge in [0.25, 0.3) is 0 Å². The Hall–Kier alpha value is -1.23. The van der Waals surface area contributed by atoms with Crippen molar-refractivity contribution in [1.82, 2.24) is 0 Å². The average Bonchev–Trinajstić information content (AvgIpc) is 3.06. The Bertz CT molecular complexity index is 467. The Morgan fingerprint density at radius 2 is 2.00 bits per heavy atom. The molecule has 2 aliphatic rings. The molecule has 108 valence electrons. The molecule has 4 heteroatoms. The number of hydrogen-bond donors (Lipinski definition) is 0. The standard InChI is InChI=1S/C16H20O4/c1-18-12-15(11-17)14(13-7-3-2-4-8-13)19-16(20-15)9-5-6-10-16/h2-4,7-8,11,14H,5-6,9-10,12H2,1H3/t14-,15+/m0/s1. The maximum atomic E-state index is 11.8. The lowest BCUT2D eigenvalue weighted by molar-refractivity contribution is -0.190. The van der Waals surface area contributed by atoms with E-state index >= 15 is 0 Å². The first-order valence-corrected chi connectivity index (χ1v) is 7.12. The molecule has 0 aromatic heterocycles. The van der Waals surface area contributed by atoms with Crippen LogP contribution in [0.15, 0.2) is 30.3 Å². The first-order valence-electron chi connectivity index (χ1n) is 7.12. The van der Waals surface area contributed by atoms with Gasteiger partial charge in [0.1, 0.15) is 6.10 Å². The van der Waals surface area contributed by atoms with Crippen molar-refractivity contribution in [2.75, 3.05) is 13.7 Å². The molecule has 1 saturated heterocycles. The molecule has 1 aromatic rings. The summed E-state index contributed by atoms with van der Waals surface area (Å²) in [6.45, 7) is 0.206. The second kappa shape index (κ2) is 5.28. The SMILES string of the molecule is COC[C@@]1(C=O)OC2(CCCC2)O[C@H]1c1ccccc1. The Labute approximate surface area is 119 Å². The summed E-state index contributed by atoms with van der Waals surface area (Å²) in [4.78, 5) is 11.8. The van der Waals surface area contributed by atoms with Gasteiger partial charge in [-0.1, -0.05) is 30.3 Å². The van der Waals surface area contributed by atoms with E-state index in [0.717, 1.165) is 37.5 Å². The van der Waals surface area contributed by atoms with E-state index in [4.69, 9.17) is 14.2 Å². The zero-order chi connectivity index (χ0) is 14.1. The van der Waals surface area contributed by atoms with E-state index in [1.165, 1.54) is 0 Å². The zero-order valence-corrected chi connectivity index (χ0v) is 11.7. The quantitative estimate of drug-likeness (QED) is 0.793. The minimum Gasteiger partial charge on any atom is -0.381 e. The third-order valence-electron chi connectivity index (χ3n) is 4.19. The van der Waals surface area contributed by atoms with Gasteiger partial charge in [0, 0.05) is 20.0 Å². The molecular weight excluding hydrogens is 256 g/mol. The van der Waals surface area contributed by atoms with E-state index in [2.05, 4.69) is 0 Å². The predicted molar refractivity (Wildman–Crippen MR) is 73.2 cm³/mol. The van der Waals surface area contributed by atoms with Gasteiger partial charge in [-0.05, 0) is 18.4 Å². The summed E-state index contributed by atoms with van der Waals surface area (Å²) in [7, 11) is 1.58. The normalized spacial score (nSPS) is 31.8. The highest BCUT2D eigenvalue weighted by Gasteiger charge is 2.58. The summed E-state index contributed by atoms with van der Waals surface area (Å²) >= 11 is 0. The van der Waals surface area contributed by atoms with Crippen LogP contribution < -0.4 is 0 Å². The molecular formula is C16H20O4. The van der Waals surface area contributed by atoms with Gasteiger partial charge in [-0.2, -0.15) is 0 Å². The minimum absolute atomic E-state index is 0.206. The molecule has 0 amide bonds. The van der Waals surface area contributed by atoms with Gasteiger partial charge in [0.15, 0.2) is 17.7 Å². The van der Waals surface area contributed by atoms with Gasteiger partial charge in [0.2, 0.25) is 0 Å². The van der Waals surface area contributed by atoms with Crippen LogP contribution in [0.5, 0.6) is 0 Å². The fourth-order valence-corrected chi connectivity index (χ4v) is 3.30. The lowest BCUT2D eigenvalue weighted by Crippen LogP contribution is -2.42. The third-order valence-corrected chi connectivity index (χ3v) is 4.19. The first kappa shape index (κ1) is 13.7. The molecule has 0 unspecified atom stereocenters. The number of aldehydes is 1. The molecule has 3 rings (SSSR count). The number of carbonyl (C=O) groups is 1. The summed E-state index contributed by atoms with van der Waals surface area (Å²) in [6, 6.07) is 9.77. The minimum atomic E-state index is -1.04. The second-order valence-electron chi connectivity index (χ2n) is 5.63. The Balaban J connectivity index is 1.98. The number of ether oxygens (including phenoxy) is 3. The van der Waals surface area contributed by atoms with E-state index in [1.54, 1.807) is 7.11 Å². The molecule has 20 heavy (non-hydrogen) atoms. The Morgan fingerprint density at radius 3 is 2.60 bits per heavy atom. The Morgan fingerprint density at radius 1 is 1.30 bits per heavy atom. The van der Waals surface area contributed by atoms with Crippen LogP contribution in [0.2, 0.25) is 0 Å². The van der Waals surface area contributed by atoms with Gasteiger partial charge in [0.05, 0.1) is 6.61 Å². The topological polar surface area (TPSA) is 44.8 Å². The summed E-state index contributed by atoms with van der Waals surface area (Å²) in [5, 5.41) is 0. The van der Waals surface area contributed by atoms with Crippen LogP contribution in [-0.2, 0) is 19.0 Å². The smallest absolute Gasteiger partial charge is 0.180 e. The van der Waals surface area contributed by atoms with Gasteiger partial charge in [-0.15, -0.1) is 0 Å². The molecule has 1 spiro atoms. The van der Waals surface area contributed by atoms with Crippen molar-refractivity contribution in [3.63, 3.8) is 0 Å². The Kier molecular flexibility index (Phi) is 3.63. The van der Waals surface area contributed by atoms with Crippen molar-refractivity contribution >= 4 is 6.29 Å². The number of benzene rings is 1. The maximum absolute atomic E-state index is 11.8. The van der Waals surface area contributed by atoms with E-state index in [9.17, 15) is 4.79 Å². The van der Waals surface area contributed by atoms with Gasteiger partial charge >= 0.3 is 0 Å². The fraction of sp³-hybridized carbons (Fsp3) is 0.562. The highest BCUT2D eigenvalue weighted by Crippen LogP contribution is 2.51. The second-order valence-corrected chi connectivity index (χ2v) is 5.63. The van der Waals surface area contributed by atoms with E-state index in [1.807, 2.05) is 30.3 Å². The number of carbonyl (C=O) groups excluding carboxylic acids is 1. The summed E-state index contributed by atoms with van der Waals surface area (Å²) in [5.74, 6) is -0.611. The molecule has 2 atom stereocenters. The van der Waals surface area contributed by atoms with Crippen molar-refractivity contribution in [1.29, 1.82) is 0 Å². The van der Waals surface area contributed by atoms with E-state index in [-0.39, 0.29) is 6.61 Å². The molecule has 1 aromatic carbocycles. The summed E-state index contributed by atoms with van der Waals surface area (Å²) < 4.78 is 17.6. The molecule has 4 nitrogen and oxygen atoms in total. The van der Waals surface area contributed by atoms with Crippen LogP contribution in [-0.4, -0.2) is 31.4 Å². The molecule has 0 radical (unpaired) electrons. The molecule has 2 fully saturated rings. The predicted octanol–water partition coefficient (Wildman–Crippen LogP) is 2.63. The van der Waals surface area contributed by atoms with E-state index < -0.39 is 17.5 Å². The third kappa shape index (κ3) is 2.18. The molecule has 1 heterocycles. The van der Waals surface area contributed by atoms with Gasteiger partial charge in [-0.25, -0.2) is 0 Å². The first-order chi connectivity index (χ1) is 9.74. The number of hydrogen-bond acceptors (Lipinski definition) is 4. The summed E-state index contributed by atoms with van der Waals surface area (Å²) in [6.07, 6.45) is 4.28. The van der Waals surface area contributed by atoms with Crippen LogP contribution >= 0.6 is 0 Å². The lowest BCUT2D eigenvalue weighted by Gasteiger charge is -2.27. The molecule has 1 aliphatic carbocycles. The van der Waals surface area contributed by atoms with Crippen LogP contribution in [0.1, 0.15) is 37.4 Å². The fourth-order valence-electron chi connectivity index (χ4n) is 3.30. The molecule has 0 bridgehead atoms. The average molecular weight is 276 g/mol. The largest absolute Gasteiger partial charge is 0.381 e. The van der Waals surface area contributed by atoms with Gasteiger partial charge < -0.3 is 14.2 Å². The van der Waals surface area contributed by atoms with Crippen LogP contribution in [0.25, 0.3) is 0 Å². The van der Waals surface area contributed by atoms with Gasteiger partial charge in [-0.3, -0.25) is 4.79 Å². The maximum Gasteiger partial charge on any atom is 0.180 e. The number of rotatable bonds is 4. The molecule has 1 aliphatic heterocycles. The number of methoxy groups -OCH3 is 1. The van der Waals surface area contributed by atoms with Crippen molar-refractivity contribution in [3.05, 3.63) is 35.9 Å². The van der Waals surface area contributed by atoms with Crippen molar-refractivity contribution in [2.24, 2.45) is 0 Å². The van der Waals surface area contributed by atoms with Crippen molar-refractivity contribution in [3.8, 4) is 0 Å². The van der Waals surface area contributed by atoms with Crippen LogP contribution in [0.4, 0.5) is 0 Å². The van der Waals surface area contributed by atoms with Crippen LogP contribution in [0.3, 0.4) is 0 Å². The zero-order valence-electron chi connectivity index (χ0n) is 11.7. The van der Waals surface area contributed by atoms with E-state index in [0.29, 0.717) is 0 Å². The van der Waals surface area contributed by atoms with Crippen LogP contribution in [0, 0.1) is 0 Å². The molecule has 1 saturated carbocycles. The van der Waals surface area contributed by atoms with Crippen molar-refractivity contribution in [2.45, 2.75) is 43.2 Å². The highest BCUT2D eigenvalue weighted by atomic mass is 16.8. The molecule has 0 N–H and O–H groups in total. The monoisotopic (exact) mass is 276 g/mol. The highest BCUT2D eigenvalue weighted by molar-refractivity contribution is 5.65.